The summed E-state index contributed by atoms with van der Waals surface area (Å²) in [5, 5.41) is 3.33. The summed E-state index contributed by atoms with van der Waals surface area (Å²) in [7, 11) is 5.28. The van der Waals surface area contributed by atoms with E-state index >= 15 is 0 Å². The average molecular weight is 351 g/mol. The minimum Gasteiger partial charge on any atom is -0.496 e. The van der Waals surface area contributed by atoms with Crippen LogP contribution in [0.25, 0.3) is 0 Å². The molecule has 0 aliphatic rings. The summed E-state index contributed by atoms with van der Waals surface area (Å²) in [6, 6.07) is 7.96. The van der Waals surface area contributed by atoms with Crippen molar-refractivity contribution in [3.63, 3.8) is 0 Å². The molecule has 1 unspecified atom stereocenters. The van der Waals surface area contributed by atoms with Crippen LogP contribution in [-0.2, 0) is 6.42 Å². The van der Waals surface area contributed by atoms with E-state index in [0.29, 0.717) is 0 Å². The molecule has 4 nitrogen and oxygen atoms in total. The number of nitrogens with zero attached hydrogens (tertiary/aromatic N) is 1. The molecule has 112 valence electrons. The van der Waals surface area contributed by atoms with Crippen LogP contribution in [0.4, 0.5) is 0 Å². The van der Waals surface area contributed by atoms with Gasteiger partial charge in [-0.05, 0) is 53.2 Å². The molecule has 0 amide bonds. The summed E-state index contributed by atoms with van der Waals surface area (Å²) in [6.07, 6.45) is 4.44. The summed E-state index contributed by atoms with van der Waals surface area (Å²) in [6.45, 7) is 0. The normalized spacial score (nSPS) is 12.0. The van der Waals surface area contributed by atoms with E-state index in [0.717, 1.165) is 33.5 Å². The van der Waals surface area contributed by atoms with Gasteiger partial charge in [-0.15, -0.1) is 0 Å². The SMILES string of the molecule is CNC(Cc1cncc(Br)c1)c1c(OC)cccc1OC. The summed E-state index contributed by atoms with van der Waals surface area (Å²) in [5.74, 6) is 1.63. The Morgan fingerprint density at radius 3 is 2.38 bits per heavy atom. The number of rotatable bonds is 6. The van der Waals surface area contributed by atoms with Crippen molar-refractivity contribution >= 4 is 15.9 Å². The van der Waals surface area contributed by atoms with Gasteiger partial charge in [-0.3, -0.25) is 4.98 Å². The van der Waals surface area contributed by atoms with E-state index in [1.165, 1.54) is 0 Å². The zero-order chi connectivity index (χ0) is 15.2. The first kappa shape index (κ1) is 15.8. The molecular weight excluding hydrogens is 332 g/mol. The third-order valence-electron chi connectivity index (χ3n) is 3.36. The number of pyridine rings is 1. The average Bonchev–Trinajstić information content (AvgIpc) is 2.52. The summed E-state index contributed by atoms with van der Waals surface area (Å²) in [5.41, 5.74) is 2.15. The van der Waals surface area contributed by atoms with Gasteiger partial charge in [0.15, 0.2) is 0 Å². The molecule has 5 heteroatoms. The first-order valence-corrected chi connectivity index (χ1v) is 7.46. The van der Waals surface area contributed by atoms with Crippen molar-refractivity contribution in [2.45, 2.75) is 12.5 Å². The molecule has 0 spiro atoms. The van der Waals surface area contributed by atoms with E-state index in [-0.39, 0.29) is 6.04 Å². The van der Waals surface area contributed by atoms with Gasteiger partial charge in [0.2, 0.25) is 0 Å². The predicted octanol–water partition coefficient (Wildman–Crippen LogP) is 3.36. The van der Waals surface area contributed by atoms with Crippen LogP contribution in [0.2, 0.25) is 0 Å². The van der Waals surface area contributed by atoms with Crippen molar-refractivity contribution in [2.24, 2.45) is 0 Å². The Morgan fingerprint density at radius 1 is 1.19 bits per heavy atom. The molecule has 0 radical (unpaired) electrons. The maximum atomic E-state index is 5.49. The number of aromatic nitrogens is 1. The zero-order valence-corrected chi connectivity index (χ0v) is 14.0. The van der Waals surface area contributed by atoms with Crippen LogP contribution in [0.15, 0.2) is 41.1 Å². The van der Waals surface area contributed by atoms with Crippen LogP contribution in [0.5, 0.6) is 11.5 Å². The largest absolute Gasteiger partial charge is 0.496 e. The molecule has 0 aliphatic carbocycles. The first-order chi connectivity index (χ1) is 10.2. The van der Waals surface area contributed by atoms with E-state index in [1.54, 1.807) is 20.4 Å². The Balaban J connectivity index is 2.37. The van der Waals surface area contributed by atoms with Crippen LogP contribution in [0, 0.1) is 0 Å². The maximum Gasteiger partial charge on any atom is 0.127 e. The summed E-state index contributed by atoms with van der Waals surface area (Å²) >= 11 is 3.45. The molecular formula is C16H19BrN2O2. The van der Waals surface area contributed by atoms with Crippen LogP contribution in [0.1, 0.15) is 17.2 Å². The van der Waals surface area contributed by atoms with Gasteiger partial charge >= 0.3 is 0 Å². The van der Waals surface area contributed by atoms with E-state index in [4.69, 9.17) is 9.47 Å². The van der Waals surface area contributed by atoms with Crippen molar-refractivity contribution in [1.82, 2.24) is 10.3 Å². The third-order valence-corrected chi connectivity index (χ3v) is 3.80. The fourth-order valence-electron chi connectivity index (χ4n) is 2.37. The van der Waals surface area contributed by atoms with Gasteiger partial charge in [-0.25, -0.2) is 0 Å². The van der Waals surface area contributed by atoms with Gasteiger partial charge in [0, 0.05) is 22.9 Å². The van der Waals surface area contributed by atoms with Crippen molar-refractivity contribution in [3.8, 4) is 11.5 Å². The zero-order valence-electron chi connectivity index (χ0n) is 12.4. The van der Waals surface area contributed by atoms with Crippen molar-refractivity contribution in [1.29, 1.82) is 0 Å². The maximum absolute atomic E-state index is 5.49. The fraction of sp³-hybridized carbons (Fsp3) is 0.312. The Hall–Kier alpha value is -1.59. The molecule has 0 fully saturated rings. The standard InChI is InChI=1S/C16H19BrN2O2/c1-18-13(8-11-7-12(17)10-19-9-11)16-14(20-2)5-4-6-15(16)21-3/h4-7,9-10,13,18H,8H2,1-3H3. The molecule has 21 heavy (non-hydrogen) atoms. The quantitative estimate of drug-likeness (QED) is 0.867. The van der Waals surface area contributed by atoms with Gasteiger partial charge in [0.1, 0.15) is 11.5 Å². The molecule has 1 aromatic heterocycles. The summed E-state index contributed by atoms with van der Waals surface area (Å²) in [4.78, 5) is 4.21. The first-order valence-electron chi connectivity index (χ1n) is 6.67. The minimum absolute atomic E-state index is 0.0761. The second-order valence-corrected chi connectivity index (χ2v) is 5.55. The highest BCUT2D eigenvalue weighted by molar-refractivity contribution is 9.10. The molecule has 1 atom stereocenters. The minimum atomic E-state index is 0.0761. The highest BCUT2D eigenvalue weighted by Gasteiger charge is 2.20. The smallest absolute Gasteiger partial charge is 0.127 e. The van der Waals surface area contributed by atoms with E-state index < -0.39 is 0 Å². The van der Waals surface area contributed by atoms with Gasteiger partial charge in [0.05, 0.1) is 19.8 Å². The predicted molar refractivity (Wildman–Crippen MR) is 87.0 cm³/mol. The Bertz CT molecular complexity index is 582. The van der Waals surface area contributed by atoms with Crippen molar-refractivity contribution < 1.29 is 9.47 Å². The molecule has 0 saturated heterocycles. The number of hydrogen-bond acceptors (Lipinski definition) is 4. The van der Waals surface area contributed by atoms with Gasteiger partial charge in [-0.2, -0.15) is 0 Å². The molecule has 0 aliphatic heterocycles. The number of benzene rings is 1. The van der Waals surface area contributed by atoms with Crippen molar-refractivity contribution in [3.05, 3.63) is 52.3 Å². The lowest BCUT2D eigenvalue weighted by atomic mass is 9.98. The van der Waals surface area contributed by atoms with E-state index in [9.17, 15) is 0 Å². The van der Waals surface area contributed by atoms with Gasteiger partial charge in [0.25, 0.3) is 0 Å². The third kappa shape index (κ3) is 3.74. The lowest BCUT2D eigenvalue weighted by Crippen LogP contribution is -2.20. The monoisotopic (exact) mass is 350 g/mol. The fourth-order valence-corrected chi connectivity index (χ4v) is 2.79. The van der Waals surface area contributed by atoms with Crippen LogP contribution in [0.3, 0.4) is 0 Å². The second-order valence-electron chi connectivity index (χ2n) is 4.63. The Kier molecular flexibility index (Phi) is 5.59. The van der Waals surface area contributed by atoms with E-state index in [2.05, 4.69) is 32.3 Å². The Labute approximate surface area is 133 Å². The lowest BCUT2D eigenvalue weighted by molar-refractivity contribution is 0.373. The Morgan fingerprint density at radius 2 is 1.86 bits per heavy atom. The summed E-state index contributed by atoms with van der Waals surface area (Å²) < 4.78 is 11.9. The number of nitrogens with one attached hydrogen (secondary N) is 1. The van der Waals surface area contributed by atoms with Crippen molar-refractivity contribution in [2.75, 3.05) is 21.3 Å². The second kappa shape index (κ2) is 7.43. The number of likely N-dealkylation sites (N-methyl/N-ethyl adjacent to an activating group) is 1. The molecule has 2 rings (SSSR count). The number of methoxy groups -OCH3 is 2. The highest BCUT2D eigenvalue weighted by atomic mass is 79.9. The number of hydrogen-bond donors (Lipinski definition) is 1. The lowest BCUT2D eigenvalue weighted by Gasteiger charge is -2.22. The topological polar surface area (TPSA) is 43.4 Å². The molecule has 0 saturated carbocycles. The van der Waals surface area contributed by atoms with Gasteiger partial charge < -0.3 is 14.8 Å². The molecule has 1 heterocycles. The molecule has 2 aromatic rings. The van der Waals surface area contributed by atoms with Crippen LogP contribution < -0.4 is 14.8 Å². The van der Waals surface area contributed by atoms with Gasteiger partial charge in [-0.1, -0.05) is 6.07 Å². The number of halogens is 1. The molecule has 0 bridgehead atoms. The van der Waals surface area contributed by atoms with E-state index in [1.807, 2.05) is 31.4 Å². The molecule has 1 aromatic carbocycles. The highest BCUT2D eigenvalue weighted by Crippen LogP contribution is 2.35. The van der Waals surface area contributed by atoms with Crippen LogP contribution in [-0.4, -0.2) is 26.3 Å². The number of ether oxygens (including phenoxy) is 2. The van der Waals surface area contributed by atoms with Crippen LogP contribution >= 0.6 is 15.9 Å². The molecule has 1 N–H and O–H groups in total.